The molecule has 0 aliphatic carbocycles. The van der Waals surface area contributed by atoms with E-state index in [9.17, 15) is 4.79 Å². The van der Waals surface area contributed by atoms with Crippen LogP contribution in [0.25, 0.3) is 10.7 Å². The molecule has 136 valence electrons. The van der Waals surface area contributed by atoms with E-state index in [0.717, 1.165) is 22.0 Å². The van der Waals surface area contributed by atoms with Crippen molar-refractivity contribution in [2.75, 3.05) is 5.32 Å². The number of aryl methyl sites for hydroxylation is 1. The lowest BCUT2D eigenvalue weighted by molar-refractivity contribution is 0.0901. The predicted molar refractivity (Wildman–Crippen MR) is 105 cm³/mol. The second-order valence-electron chi connectivity index (χ2n) is 6.07. The maximum atomic E-state index is 12.8. The van der Waals surface area contributed by atoms with Crippen molar-refractivity contribution in [1.82, 2.24) is 14.8 Å². The Labute approximate surface area is 160 Å². The minimum Gasteiger partial charge on any atom is -0.465 e. The van der Waals surface area contributed by atoms with Crippen LogP contribution in [0.1, 0.15) is 21.9 Å². The summed E-state index contributed by atoms with van der Waals surface area (Å²) < 4.78 is 6.92. The Hall–Kier alpha value is -3.19. The smallest absolute Gasteiger partial charge is 0.254 e. The molecule has 27 heavy (non-hydrogen) atoms. The number of hydrogen-bond acceptors (Lipinski definition) is 6. The van der Waals surface area contributed by atoms with Crippen molar-refractivity contribution in [3.8, 4) is 10.7 Å². The first-order valence-corrected chi connectivity index (χ1v) is 9.44. The molecule has 0 aliphatic heterocycles. The third-order valence-electron chi connectivity index (χ3n) is 4.00. The first-order chi connectivity index (χ1) is 13.2. The van der Waals surface area contributed by atoms with Crippen LogP contribution in [-0.4, -0.2) is 20.7 Å². The Bertz CT molecular complexity index is 1040. The van der Waals surface area contributed by atoms with E-state index in [1.54, 1.807) is 0 Å². The largest absolute Gasteiger partial charge is 0.465 e. The molecule has 4 rings (SSSR count). The van der Waals surface area contributed by atoms with Gasteiger partial charge in [0.2, 0.25) is 5.95 Å². The number of carbonyl (C=O) groups is 1. The van der Waals surface area contributed by atoms with E-state index in [1.165, 1.54) is 16.0 Å². The van der Waals surface area contributed by atoms with E-state index in [1.807, 2.05) is 66.9 Å². The van der Waals surface area contributed by atoms with E-state index >= 15 is 0 Å². The second kappa shape index (κ2) is 7.59. The number of hydrogen-bond donors (Lipinski definition) is 1. The minimum atomic E-state index is -0.144. The molecule has 6 nitrogen and oxygen atoms in total. The van der Waals surface area contributed by atoms with Crippen LogP contribution in [0.4, 0.5) is 5.95 Å². The van der Waals surface area contributed by atoms with E-state index in [-0.39, 0.29) is 12.3 Å². The molecule has 0 unspecified atom stereocenters. The van der Waals surface area contributed by atoms with Crippen LogP contribution in [0.3, 0.4) is 0 Å². The van der Waals surface area contributed by atoms with Crippen molar-refractivity contribution in [2.24, 2.45) is 0 Å². The van der Waals surface area contributed by atoms with Crippen LogP contribution in [0.15, 0.2) is 64.4 Å². The maximum Gasteiger partial charge on any atom is 0.254 e. The van der Waals surface area contributed by atoms with E-state index in [0.29, 0.717) is 18.3 Å². The lowest BCUT2D eigenvalue weighted by Crippen LogP contribution is -2.18. The van der Waals surface area contributed by atoms with Gasteiger partial charge in [-0.15, -0.1) is 16.4 Å². The average molecular weight is 378 g/mol. The summed E-state index contributed by atoms with van der Waals surface area (Å²) in [7, 11) is 0. The van der Waals surface area contributed by atoms with Gasteiger partial charge in [-0.2, -0.15) is 9.67 Å². The SMILES string of the molecule is Cc1ccc(CNc2nc(-c3cccs3)nn2C(=O)Cc2ccccc2)o1. The predicted octanol–water partition coefficient (Wildman–Crippen LogP) is 4.40. The molecule has 0 atom stereocenters. The van der Waals surface area contributed by atoms with E-state index in [2.05, 4.69) is 15.4 Å². The highest BCUT2D eigenvalue weighted by Crippen LogP contribution is 2.23. The Morgan fingerprint density at radius 1 is 1.15 bits per heavy atom. The number of carbonyl (C=O) groups excluding carboxylic acids is 1. The maximum absolute atomic E-state index is 12.8. The summed E-state index contributed by atoms with van der Waals surface area (Å²) in [5.74, 6) is 2.41. The third kappa shape index (κ3) is 3.98. The zero-order chi connectivity index (χ0) is 18.6. The third-order valence-corrected chi connectivity index (χ3v) is 4.87. The zero-order valence-corrected chi connectivity index (χ0v) is 15.6. The number of nitrogens with zero attached hydrogens (tertiary/aromatic N) is 3. The normalized spacial score (nSPS) is 10.9. The van der Waals surface area contributed by atoms with Crippen LogP contribution in [0.5, 0.6) is 0 Å². The summed E-state index contributed by atoms with van der Waals surface area (Å²) in [6, 6.07) is 17.3. The Kier molecular flexibility index (Phi) is 4.84. The van der Waals surface area contributed by atoms with Crippen LogP contribution >= 0.6 is 11.3 Å². The van der Waals surface area contributed by atoms with Crippen molar-refractivity contribution >= 4 is 23.2 Å². The van der Waals surface area contributed by atoms with Gasteiger partial charge in [0.15, 0.2) is 5.82 Å². The molecular weight excluding hydrogens is 360 g/mol. The second-order valence-corrected chi connectivity index (χ2v) is 7.02. The summed E-state index contributed by atoms with van der Waals surface area (Å²) in [5.41, 5.74) is 0.934. The fourth-order valence-electron chi connectivity index (χ4n) is 2.70. The van der Waals surface area contributed by atoms with Crippen LogP contribution in [0.2, 0.25) is 0 Å². The van der Waals surface area contributed by atoms with Crippen molar-refractivity contribution in [3.05, 3.63) is 77.1 Å². The summed E-state index contributed by atoms with van der Waals surface area (Å²) >= 11 is 1.54. The Morgan fingerprint density at radius 2 is 2.00 bits per heavy atom. The van der Waals surface area contributed by atoms with Gasteiger partial charge in [0.25, 0.3) is 5.91 Å². The van der Waals surface area contributed by atoms with Gasteiger partial charge in [0.05, 0.1) is 17.8 Å². The molecule has 0 fully saturated rings. The van der Waals surface area contributed by atoms with Crippen LogP contribution in [0, 0.1) is 6.92 Å². The van der Waals surface area contributed by atoms with Crippen molar-refractivity contribution in [1.29, 1.82) is 0 Å². The Morgan fingerprint density at radius 3 is 2.70 bits per heavy atom. The van der Waals surface area contributed by atoms with Crippen LogP contribution in [-0.2, 0) is 13.0 Å². The molecule has 0 saturated heterocycles. The molecule has 0 aliphatic rings. The van der Waals surface area contributed by atoms with Gasteiger partial charge >= 0.3 is 0 Å². The van der Waals surface area contributed by atoms with Gasteiger partial charge in [-0.05, 0) is 36.1 Å². The van der Waals surface area contributed by atoms with Gasteiger partial charge in [0.1, 0.15) is 11.5 Å². The average Bonchev–Trinajstić information content (AvgIpc) is 3.41. The number of nitrogens with one attached hydrogen (secondary N) is 1. The molecule has 1 aromatic carbocycles. The number of aromatic nitrogens is 3. The minimum absolute atomic E-state index is 0.144. The van der Waals surface area contributed by atoms with Gasteiger partial charge in [-0.25, -0.2) is 0 Å². The fourth-order valence-corrected chi connectivity index (χ4v) is 3.36. The fraction of sp³-hybridized carbons (Fsp3) is 0.150. The highest BCUT2D eigenvalue weighted by Gasteiger charge is 2.18. The Balaban J connectivity index is 1.60. The summed E-state index contributed by atoms with van der Waals surface area (Å²) in [6.07, 6.45) is 0.253. The molecule has 4 aromatic rings. The van der Waals surface area contributed by atoms with E-state index < -0.39 is 0 Å². The zero-order valence-electron chi connectivity index (χ0n) is 14.8. The first-order valence-electron chi connectivity index (χ1n) is 8.56. The molecule has 3 heterocycles. The molecule has 0 amide bonds. The number of anilines is 1. The van der Waals surface area contributed by atoms with Crippen molar-refractivity contribution < 1.29 is 9.21 Å². The van der Waals surface area contributed by atoms with Gasteiger partial charge in [0, 0.05) is 0 Å². The summed E-state index contributed by atoms with van der Waals surface area (Å²) in [4.78, 5) is 18.3. The molecule has 0 saturated carbocycles. The van der Waals surface area contributed by atoms with Crippen LogP contribution < -0.4 is 5.32 Å². The standard InChI is InChI=1S/C20H18N4O2S/c1-14-9-10-16(26-14)13-21-20-22-19(17-8-5-11-27-17)23-24(20)18(25)12-15-6-3-2-4-7-15/h2-11H,12-13H2,1H3,(H,21,22,23). The summed E-state index contributed by atoms with van der Waals surface area (Å²) in [5, 5.41) is 9.57. The van der Waals surface area contributed by atoms with Gasteiger partial charge < -0.3 is 9.73 Å². The van der Waals surface area contributed by atoms with Crippen molar-refractivity contribution in [3.63, 3.8) is 0 Å². The molecular formula is C20H18N4O2S. The molecule has 0 radical (unpaired) electrons. The number of furan rings is 1. The topological polar surface area (TPSA) is 73.0 Å². The molecule has 7 heteroatoms. The van der Waals surface area contributed by atoms with Gasteiger partial charge in [-0.1, -0.05) is 36.4 Å². The lowest BCUT2D eigenvalue weighted by atomic mass is 10.1. The highest BCUT2D eigenvalue weighted by atomic mass is 32.1. The molecule has 3 aromatic heterocycles. The monoisotopic (exact) mass is 378 g/mol. The van der Waals surface area contributed by atoms with Crippen molar-refractivity contribution in [2.45, 2.75) is 19.9 Å². The number of thiophene rings is 1. The molecule has 0 bridgehead atoms. The first kappa shape index (κ1) is 17.2. The number of rotatable bonds is 6. The lowest BCUT2D eigenvalue weighted by Gasteiger charge is -2.06. The molecule has 1 N–H and O–H groups in total. The molecule has 0 spiro atoms. The van der Waals surface area contributed by atoms with Gasteiger partial charge in [-0.3, -0.25) is 4.79 Å². The van der Waals surface area contributed by atoms with E-state index in [4.69, 9.17) is 4.42 Å². The summed E-state index contributed by atoms with van der Waals surface area (Å²) in [6.45, 7) is 2.32. The number of benzene rings is 1. The quantitative estimate of drug-likeness (QED) is 0.538. The highest BCUT2D eigenvalue weighted by molar-refractivity contribution is 7.13.